The molecule has 0 atom stereocenters. The highest BCUT2D eigenvalue weighted by atomic mass is 19.3. The van der Waals surface area contributed by atoms with Gasteiger partial charge in [0, 0.05) is 35.8 Å². The highest BCUT2D eigenvalue weighted by Crippen LogP contribution is 2.36. The van der Waals surface area contributed by atoms with Crippen LogP contribution in [0.5, 0.6) is 0 Å². The van der Waals surface area contributed by atoms with Crippen LogP contribution in [0.4, 0.5) is 14.5 Å². The molecule has 1 aliphatic rings. The van der Waals surface area contributed by atoms with Crippen LogP contribution in [0.3, 0.4) is 0 Å². The van der Waals surface area contributed by atoms with Gasteiger partial charge in [-0.2, -0.15) is 5.10 Å². The Labute approximate surface area is 159 Å². The molecule has 7 nitrogen and oxygen atoms in total. The molecular formula is C19H19F2N4O3+. The van der Waals surface area contributed by atoms with Gasteiger partial charge in [0.1, 0.15) is 5.69 Å². The van der Waals surface area contributed by atoms with Crippen LogP contribution >= 0.6 is 0 Å². The summed E-state index contributed by atoms with van der Waals surface area (Å²) in [6.07, 6.45) is 1.88. The lowest BCUT2D eigenvalue weighted by molar-refractivity contribution is -0.504. The number of aliphatic hydroxyl groups excluding tert-OH is 1. The molecule has 9 heteroatoms. The Kier molecular flexibility index (Phi) is 5.10. The van der Waals surface area contributed by atoms with Gasteiger partial charge in [0.05, 0.1) is 28.1 Å². The maximum atomic E-state index is 13.1. The molecule has 28 heavy (non-hydrogen) atoms. The van der Waals surface area contributed by atoms with E-state index in [1.54, 1.807) is 24.4 Å². The fourth-order valence-corrected chi connectivity index (χ4v) is 3.55. The smallest absolute Gasteiger partial charge is 0.299 e. The van der Waals surface area contributed by atoms with Crippen LogP contribution in [-0.4, -0.2) is 44.6 Å². The van der Waals surface area contributed by atoms with E-state index in [9.17, 15) is 18.8 Å². The van der Waals surface area contributed by atoms with Gasteiger partial charge in [0.15, 0.2) is 0 Å². The molecule has 0 radical (unpaired) electrons. The second-order valence-electron chi connectivity index (χ2n) is 6.65. The monoisotopic (exact) mass is 389 g/mol. The topological polar surface area (TPSA) is 80.2 Å². The van der Waals surface area contributed by atoms with Gasteiger partial charge >= 0.3 is 0 Å². The maximum absolute atomic E-state index is 13.1. The van der Waals surface area contributed by atoms with Crippen molar-refractivity contribution in [1.82, 2.24) is 14.8 Å². The number of benzene rings is 1. The van der Waals surface area contributed by atoms with Gasteiger partial charge < -0.3 is 9.84 Å². The zero-order valence-electron chi connectivity index (χ0n) is 15.0. The molecule has 3 heterocycles. The van der Waals surface area contributed by atoms with Crippen molar-refractivity contribution in [2.45, 2.75) is 25.3 Å². The quantitative estimate of drug-likeness (QED) is 0.531. The lowest BCUT2D eigenvalue weighted by atomic mass is 10.0. The summed E-state index contributed by atoms with van der Waals surface area (Å²) >= 11 is 0. The van der Waals surface area contributed by atoms with Crippen molar-refractivity contribution in [3.05, 3.63) is 47.3 Å². The normalized spacial score (nSPS) is 15.4. The van der Waals surface area contributed by atoms with Gasteiger partial charge in [-0.3, -0.25) is 9.67 Å². The number of hydrogen-bond acceptors (Lipinski definition) is 5. The second-order valence-corrected chi connectivity index (χ2v) is 6.65. The third-order valence-electron chi connectivity index (χ3n) is 4.96. The highest BCUT2D eigenvalue weighted by Gasteiger charge is 2.25. The van der Waals surface area contributed by atoms with Gasteiger partial charge in [-0.1, -0.05) is 0 Å². The molecule has 1 fully saturated rings. The maximum Gasteiger partial charge on any atom is 0.299 e. The Hall–Kier alpha value is -2.78. The summed E-state index contributed by atoms with van der Waals surface area (Å²) in [5, 5.41) is 14.5. The first-order valence-electron chi connectivity index (χ1n) is 8.97. The average molecular weight is 389 g/mol. The van der Waals surface area contributed by atoms with E-state index in [-0.39, 0.29) is 17.4 Å². The lowest BCUT2D eigenvalue weighted by Gasteiger charge is -2.23. The molecule has 0 spiro atoms. The van der Waals surface area contributed by atoms with Crippen molar-refractivity contribution in [1.29, 1.82) is 0 Å². The first-order valence-corrected chi connectivity index (χ1v) is 8.97. The molecule has 0 unspecified atom stereocenters. The fourth-order valence-electron chi connectivity index (χ4n) is 3.55. The van der Waals surface area contributed by atoms with E-state index in [0.717, 1.165) is 23.7 Å². The van der Waals surface area contributed by atoms with Crippen molar-refractivity contribution in [2.75, 3.05) is 19.9 Å². The highest BCUT2D eigenvalue weighted by molar-refractivity contribution is 5.90. The van der Waals surface area contributed by atoms with Crippen LogP contribution in [0.2, 0.25) is 0 Å². The number of aromatic nitrogens is 3. The van der Waals surface area contributed by atoms with Crippen LogP contribution in [0.25, 0.3) is 22.0 Å². The van der Waals surface area contributed by atoms with Crippen LogP contribution in [0, 0.1) is 4.91 Å². The van der Waals surface area contributed by atoms with Crippen LogP contribution in [-0.2, 0) is 4.74 Å². The minimum Gasteiger partial charge on any atom is -0.381 e. The van der Waals surface area contributed by atoms with E-state index >= 15 is 0 Å². The first-order chi connectivity index (χ1) is 13.6. The van der Waals surface area contributed by atoms with Crippen LogP contribution in [0.15, 0.2) is 36.7 Å². The van der Waals surface area contributed by atoms with Gasteiger partial charge in [-0.05, 0) is 36.6 Å². The molecule has 0 aliphatic carbocycles. The first kappa shape index (κ1) is 18.6. The predicted octanol–water partition coefficient (Wildman–Crippen LogP) is 3.75. The lowest BCUT2D eigenvalue weighted by Crippen LogP contribution is -2.20. The Morgan fingerprint density at radius 1 is 1.29 bits per heavy atom. The van der Waals surface area contributed by atoms with E-state index in [0.29, 0.717) is 29.1 Å². The number of pyridine rings is 1. The van der Waals surface area contributed by atoms with Crippen molar-refractivity contribution < 1.29 is 23.4 Å². The van der Waals surface area contributed by atoms with Crippen LogP contribution in [0.1, 0.15) is 31.0 Å². The summed E-state index contributed by atoms with van der Waals surface area (Å²) < 4.78 is 33.9. The Morgan fingerprint density at radius 2 is 2.07 bits per heavy atom. The third-order valence-corrected chi connectivity index (χ3v) is 4.96. The molecular weight excluding hydrogens is 370 g/mol. The molecule has 1 aromatic carbocycles. The standard InChI is InChI=1S/C19H19F2N4O3/c20-19(21)16-7-12(1-4-22-16)15-9-17-13(8-18(15)24(27)11-26)10-23-25(17)14-2-5-28-6-3-14/h1,4,7-10,14,19,26H,2-3,5-6,11H2/q+1. The van der Waals surface area contributed by atoms with E-state index in [2.05, 4.69) is 10.1 Å². The molecule has 4 rings (SSSR count). The molecule has 1 saturated heterocycles. The number of nitrogens with zero attached hydrogens (tertiary/aromatic N) is 4. The van der Waals surface area contributed by atoms with Crippen LogP contribution < -0.4 is 0 Å². The molecule has 0 bridgehead atoms. The van der Waals surface area contributed by atoms with Crippen molar-refractivity contribution >= 4 is 16.6 Å². The SMILES string of the molecule is O=[N+](CO)c1cc2cnn(C3CCOCC3)c2cc1-c1ccnc(C(F)F)c1. The van der Waals surface area contributed by atoms with Crippen molar-refractivity contribution in [2.24, 2.45) is 0 Å². The molecule has 146 valence electrons. The number of fused-ring (bicyclic) bond motifs is 1. The number of rotatable bonds is 5. The summed E-state index contributed by atoms with van der Waals surface area (Å²) in [5.41, 5.74) is 1.48. The minimum atomic E-state index is -2.72. The van der Waals surface area contributed by atoms with E-state index in [4.69, 9.17) is 4.74 Å². The summed E-state index contributed by atoms with van der Waals surface area (Å²) in [6, 6.07) is 6.38. The number of alkyl halides is 2. The number of ether oxygens (including phenoxy) is 1. The summed E-state index contributed by atoms with van der Waals surface area (Å²) in [4.78, 5) is 15.9. The Bertz CT molecular complexity index is 1020. The van der Waals surface area contributed by atoms with Gasteiger partial charge in [0.25, 0.3) is 18.8 Å². The predicted molar refractivity (Wildman–Crippen MR) is 97.4 cm³/mol. The Balaban J connectivity index is 1.89. The van der Waals surface area contributed by atoms with E-state index in [1.807, 2.05) is 4.68 Å². The summed E-state index contributed by atoms with van der Waals surface area (Å²) in [7, 11) is 0. The molecule has 0 saturated carbocycles. The number of nitroso groups, excluding NO2 is 1. The number of halogens is 2. The van der Waals surface area contributed by atoms with Crippen molar-refractivity contribution in [3.63, 3.8) is 0 Å². The Morgan fingerprint density at radius 3 is 2.79 bits per heavy atom. The van der Waals surface area contributed by atoms with E-state index in [1.165, 1.54) is 12.3 Å². The average Bonchev–Trinajstić information content (AvgIpc) is 3.16. The summed E-state index contributed by atoms with van der Waals surface area (Å²) in [6.45, 7) is 0.551. The van der Waals surface area contributed by atoms with Gasteiger partial charge in [-0.25, -0.2) is 8.78 Å². The second kappa shape index (κ2) is 7.69. The number of hydrogen-bond donors (Lipinski definition) is 1. The minimum absolute atomic E-state index is 0.167. The zero-order chi connectivity index (χ0) is 19.7. The van der Waals surface area contributed by atoms with E-state index < -0.39 is 13.2 Å². The van der Waals surface area contributed by atoms with Gasteiger partial charge in [-0.15, -0.1) is 0 Å². The molecule has 1 aliphatic heterocycles. The largest absolute Gasteiger partial charge is 0.381 e. The summed E-state index contributed by atoms with van der Waals surface area (Å²) in [5.74, 6) is 0. The van der Waals surface area contributed by atoms with Crippen molar-refractivity contribution in [3.8, 4) is 11.1 Å². The molecule has 2 aromatic heterocycles. The zero-order valence-corrected chi connectivity index (χ0v) is 15.0. The molecule has 0 amide bonds. The third kappa shape index (κ3) is 3.38. The number of aliphatic hydroxyl groups is 1. The fraction of sp³-hybridized carbons (Fsp3) is 0.368. The molecule has 3 aromatic rings. The molecule has 1 N–H and O–H groups in total. The van der Waals surface area contributed by atoms with Gasteiger partial charge in [0.2, 0.25) is 0 Å².